The van der Waals surface area contributed by atoms with Gasteiger partial charge in [0.2, 0.25) is 0 Å². The first kappa shape index (κ1) is 11.1. The van der Waals surface area contributed by atoms with Gasteiger partial charge in [0.25, 0.3) is 0 Å². The van der Waals surface area contributed by atoms with E-state index in [0.29, 0.717) is 15.8 Å². The lowest BCUT2D eigenvalue weighted by Crippen LogP contribution is -1.75. The summed E-state index contributed by atoms with van der Waals surface area (Å²) in [5.74, 6) is 1.43. The third-order valence-corrected chi connectivity index (χ3v) is 2.83. The highest BCUT2D eigenvalue weighted by Gasteiger charge is 2.05. The van der Waals surface area contributed by atoms with Crippen molar-refractivity contribution in [3.8, 4) is 11.3 Å². The smallest absolute Gasteiger partial charge is 0.134 e. The van der Waals surface area contributed by atoms with Crippen LogP contribution >= 0.6 is 23.2 Å². The second-order valence-electron chi connectivity index (χ2n) is 3.19. The lowest BCUT2D eigenvalue weighted by Gasteiger charge is -1.99. The predicted molar refractivity (Wildman–Crippen MR) is 67.4 cm³/mol. The van der Waals surface area contributed by atoms with Crippen LogP contribution in [0.2, 0.25) is 10.0 Å². The molecule has 0 amide bonds. The molecule has 1 aromatic heterocycles. The van der Waals surface area contributed by atoms with Crippen molar-refractivity contribution in [2.24, 2.45) is 5.73 Å². The van der Waals surface area contributed by atoms with Crippen LogP contribution in [0.1, 0.15) is 5.76 Å². The molecule has 1 heterocycles. The highest BCUT2D eigenvalue weighted by molar-refractivity contribution is 6.42. The minimum Gasteiger partial charge on any atom is -0.457 e. The summed E-state index contributed by atoms with van der Waals surface area (Å²) in [6, 6.07) is 9.04. The maximum atomic E-state index is 5.92. The molecular formula is C12H9Cl2NO. The monoisotopic (exact) mass is 253 g/mol. The molecule has 0 unspecified atom stereocenters. The van der Waals surface area contributed by atoms with Crippen LogP contribution < -0.4 is 5.73 Å². The number of benzene rings is 1. The summed E-state index contributed by atoms with van der Waals surface area (Å²) >= 11 is 11.8. The van der Waals surface area contributed by atoms with Crippen molar-refractivity contribution in [2.75, 3.05) is 0 Å². The number of hydrogen-bond donors (Lipinski definition) is 1. The van der Waals surface area contributed by atoms with Crippen molar-refractivity contribution in [2.45, 2.75) is 0 Å². The Labute approximate surface area is 103 Å². The molecule has 0 atom stereocenters. The van der Waals surface area contributed by atoms with Crippen LogP contribution in [0.15, 0.2) is 40.9 Å². The van der Waals surface area contributed by atoms with E-state index >= 15 is 0 Å². The first-order valence-corrected chi connectivity index (χ1v) is 5.40. The molecule has 2 rings (SSSR count). The molecule has 2 nitrogen and oxygen atoms in total. The number of hydrogen-bond acceptors (Lipinski definition) is 2. The molecule has 0 aliphatic rings. The molecule has 16 heavy (non-hydrogen) atoms. The maximum absolute atomic E-state index is 5.92. The first-order valence-electron chi connectivity index (χ1n) is 4.64. The van der Waals surface area contributed by atoms with Gasteiger partial charge in [-0.05, 0) is 42.6 Å². The van der Waals surface area contributed by atoms with Gasteiger partial charge in [-0.25, -0.2) is 0 Å². The standard InChI is InChI=1S/C12H9Cl2NO/c13-10-3-1-8(7-11(10)14)12-4-2-9(16-12)5-6-15/h1-7H,15H2/b6-5+. The first-order chi connectivity index (χ1) is 7.70. The van der Waals surface area contributed by atoms with Crippen molar-refractivity contribution >= 4 is 29.3 Å². The molecule has 0 aliphatic carbocycles. The van der Waals surface area contributed by atoms with Gasteiger partial charge >= 0.3 is 0 Å². The van der Waals surface area contributed by atoms with Crippen LogP contribution in [-0.2, 0) is 0 Å². The number of furan rings is 1. The molecule has 2 aromatic rings. The largest absolute Gasteiger partial charge is 0.457 e. The van der Waals surface area contributed by atoms with Crippen molar-refractivity contribution in [3.63, 3.8) is 0 Å². The normalized spacial score (nSPS) is 11.1. The van der Waals surface area contributed by atoms with Crippen molar-refractivity contribution in [1.29, 1.82) is 0 Å². The van der Waals surface area contributed by atoms with Gasteiger partial charge in [0, 0.05) is 5.56 Å². The molecule has 0 bridgehead atoms. The van der Waals surface area contributed by atoms with Gasteiger partial charge in [-0.3, -0.25) is 0 Å². The summed E-state index contributed by atoms with van der Waals surface area (Å²) < 4.78 is 5.54. The second kappa shape index (κ2) is 4.64. The van der Waals surface area contributed by atoms with Gasteiger partial charge in [-0.15, -0.1) is 0 Å². The molecule has 0 saturated carbocycles. The van der Waals surface area contributed by atoms with Crippen LogP contribution in [0.4, 0.5) is 0 Å². The zero-order chi connectivity index (χ0) is 11.5. The van der Waals surface area contributed by atoms with E-state index in [1.54, 1.807) is 18.2 Å². The third-order valence-electron chi connectivity index (χ3n) is 2.09. The Morgan fingerprint density at radius 1 is 1.06 bits per heavy atom. The van der Waals surface area contributed by atoms with Crippen molar-refractivity contribution in [1.82, 2.24) is 0 Å². The van der Waals surface area contributed by atoms with E-state index in [0.717, 1.165) is 11.3 Å². The summed E-state index contributed by atoms with van der Waals surface area (Å²) in [6.07, 6.45) is 3.11. The Morgan fingerprint density at radius 2 is 1.88 bits per heavy atom. The van der Waals surface area contributed by atoms with Crippen molar-refractivity contribution < 1.29 is 4.42 Å². The van der Waals surface area contributed by atoms with Gasteiger partial charge in [-0.1, -0.05) is 23.2 Å². The second-order valence-corrected chi connectivity index (χ2v) is 4.00. The van der Waals surface area contributed by atoms with Crippen LogP contribution in [0.5, 0.6) is 0 Å². The van der Waals surface area contributed by atoms with Gasteiger partial charge < -0.3 is 10.2 Å². The molecule has 1 aromatic carbocycles. The lowest BCUT2D eigenvalue weighted by atomic mass is 10.2. The summed E-state index contributed by atoms with van der Waals surface area (Å²) in [6.45, 7) is 0. The molecule has 0 aliphatic heterocycles. The van der Waals surface area contributed by atoms with E-state index in [-0.39, 0.29) is 0 Å². The van der Waals surface area contributed by atoms with E-state index in [2.05, 4.69) is 0 Å². The Balaban J connectivity index is 2.38. The third kappa shape index (κ3) is 2.23. The maximum Gasteiger partial charge on any atom is 0.134 e. The van der Waals surface area contributed by atoms with Gasteiger partial charge in [0.1, 0.15) is 11.5 Å². The highest BCUT2D eigenvalue weighted by Crippen LogP contribution is 2.29. The van der Waals surface area contributed by atoms with E-state index < -0.39 is 0 Å². The fourth-order valence-electron chi connectivity index (χ4n) is 1.34. The zero-order valence-corrected chi connectivity index (χ0v) is 9.79. The molecule has 82 valence electrons. The number of nitrogens with two attached hydrogens (primary N) is 1. The molecule has 0 fully saturated rings. The Bertz CT molecular complexity index is 532. The Morgan fingerprint density at radius 3 is 2.56 bits per heavy atom. The molecule has 2 N–H and O–H groups in total. The summed E-state index contributed by atoms with van der Waals surface area (Å²) in [7, 11) is 0. The molecule has 0 spiro atoms. The van der Waals surface area contributed by atoms with Gasteiger partial charge in [0.05, 0.1) is 10.0 Å². The molecule has 0 radical (unpaired) electrons. The summed E-state index contributed by atoms with van der Waals surface area (Å²) in [5, 5.41) is 1.03. The Kier molecular flexibility index (Phi) is 3.22. The minimum atomic E-state index is 0.506. The average Bonchev–Trinajstić information content (AvgIpc) is 2.71. The summed E-state index contributed by atoms with van der Waals surface area (Å²) in [5.41, 5.74) is 6.15. The predicted octanol–water partition coefficient (Wildman–Crippen LogP) is 4.18. The van der Waals surface area contributed by atoms with Crippen LogP contribution in [0, 0.1) is 0 Å². The van der Waals surface area contributed by atoms with E-state index in [1.807, 2.05) is 18.2 Å². The molecule has 0 saturated heterocycles. The highest BCUT2D eigenvalue weighted by atomic mass is 35.5. The van der Waals surface area contributed by atoms with E-state index in [1.165, 1.54) is 6.20 Å². The van der Waals surface area contributed by atoms with Gasteiger partial charge in [0.15, 0.2) is 0 Å². The molecule has 4 heteroatoms. The SMILES string of the molecule is N/C=C/c1ccc(-c2ccc(Cl)c(Cl)c2)o1. The summed E-state index contributed by atoms with van der Waals surface area (Å²) in [4.78, 5) is 0. The minimum absolute atomic E-state index is 0.506. The van der Waals surface area contributed by atoms with E-state index in [4.69, 9.17) is 33.4 Å². The van der Waals surface area contributed by atoms with Crippen molar-refractivity contribution in [3.05, 3.63) is 52.3 Å². The average molecular weight is 254 g/mol. The Hall–Kier alpha value is -1.38. The van der Waals surface area contributed by atoms with Gasteiger partial charge in [-0.2, -0.15) is 0 Å². The van der Waals surface area contributed by atoms with E-state index in [9.17, 15) is 0 Å². The quantitative estimate of drug-likeness (QED) is 0.872. The number of halogens is 2. The number of rotatable bonds is 2. The molecular weight excluding hydrogens is 245 g/mol. The topological polar surface area (TPSA) is 39.2 Å². The fourth-order valence-corrected chi connectivity index (χ4v) is 1.64. The van der Waals surface area contributed by atoms with Crippen LogP contribution in [0.25, 0.3) is 17.4 Å². The fraction of sp³-hybridized carbons (Fsp3) is 0. The lowest BCUT2D eigenvalue weighted by molar-refractivity contribution is 0.571. The van der Waals surface area contributed by atoms with Crippen LogP contribution in [-0.4, -0.2) is 0 Å². The zero-order valence-electron chi connectivity index (χ0n) is 8.28. The van der Waals surface area contributed by atoms with Crippen LogP contribution in [0.3, 0.4) is 0 Å².